The fourth-order valence-corrected chi connectivity index (χ4v) is 3.92. The van der Waals surface area contributed by atoms with Crippen LogP contribution in [0.5, 0.6) is 5.75 Å². The van der Waals surface area contributed by atoms with E-state index in [1.807, 2.05) is 6.92 Å². The van der Waals surface area contributed by atoms with Crippen molar-refractivity contribution in [2.24, 2.45) is 0 Å². The van der Waals surface area contributed by atoms with Crippen LogP contribution in [0.1, 0.15) is 63.6 Å². The van der Waals surface area contributed by atoms with Crippen molar-refractivity contribution in [3.05, 3.63) is 59.7 Å². The zero-order chi connectivity index (χ0) is 20.1. The van der Waals surface area contributed by atoms with Crippen molar-refractivity contribution in [3.8, 4) is 5.75 Å². The molecule has 0 unspecified atom stereocenters. The van der Waals surface area contributed by atoms with E-state index in [1.165, 1.54) is 11.3 Å². The predicted octanol–water partition coefficient (Wildman–Crippen LogP) is 5.05. The van der Waals surface area contributed by atoms with Crippen molar-refractivity contribution in [3.63, 3.8) is 0 Å². The smallest absolute Gasteiger partial charge is 0.217 e. The van der Waals surface area contributed by atoms with Crippen molar-refractivity contribution < 1.29 is 9.53 Å². The molecule has 1 atom stereocenters. The molecule has 1 fully saturated rings. The fourth-order valence-electron chi connectivity index (χ4n) is 3.92. The molecule has 1 saturated heterocycles. The van der Waals surface area contributed by atoms with Crippen LogP contribution in [0.3, 0.4) is 0 Å². The number of nitrogens with one attached hydrogen (secondary N) is 1. The number of anilines is 1. The highest BCUT2D eigenvalue weighted by atomic mass is 16.5. The van der Waals surface area contributed by atoms with Gasteiger partial charge < -0.3 is 15.0 Å². The Balaban J connectivity index is 1.55. The first-order chi connectivity index (χ1) is 13.4. The summed E-state index contributed by atoms with van der Waals surface area (Å²) in [6.45, 7) is 9.80. The van der Waals surface area contributed by atoms with E-state index in [0.717, 1.165) is 37.2 Å². The molecule has 2 aromatic rings. The van der Waals surface area contributed by atoms with E-state index in [2.05, 4.69) is 72.6 Å². The molecule has 0 aliphatic carbocycles. The molecular weight excluding hydrogens is 348 g/mol. The summed E-state index contributed by atoms with van der Waals surface area (Å²) in [6, 6.07) is 17.3. The number of hydrogen-bond acceptors (Lipinski definition) is 3. The lowest BCUT2D eigenvalue weighted by Gasteiger charge is -2.34. The average Bonchev–Trinajstić information content (AvgIpc) is 2.68. The van der Waals surface area contributed by atoms with Gasteiger partial charge in [0.05, 0.1) is 12.1 Å². The van der Waals surface area contributed by atoms with Crippen LogP contribution in [-0.2, 0) is 4.79 Å². The maximum Gasteiger partial charge on any atom is 0.217 e. The van der Waals surface area contributed by atoms with Gasteiger partial charge in [-0.15, -0.1) is 0 Å². The zero-order valence-electron chi connectivity index (χ0n) is 17.4. The summed E-state index contributed by atoms with van der Waals surface area (Å²) in [5.74, 6) is 1.57. The van der Waals surface area contributed by atoms with Gasteiger partial charge in [-0.25, -0.2) is 0 Å². The molecule has 28 heavy (non-hydrogen) atoms. The van der Waals surface area contributed by atoms with E-state index in [9.17, 15) is 4.79 Å². The Kier molecular flexibility index (Phi) is 6.61. The lowest BCUT2D eigenvalue weighted by Crippen LogP contribution is -2.32. The number of amides is 1. The van der Waals surface area contributed by atoms with Gasteiger partial charge in [0, 0.05) is 25.7 Å². The maximum absolute atomic E-state index is 11.2. The number of rotatable bonds is 6. The van der Waals surface area contributed by atoms with Gasteiger partial charge in [-0.05, 0) is 74.9 Å². The van der Waals surface area contributed by atoms with Gasteiger partial charge in [-0.3, -0.25) is 4.79 Å². The lowest BCUT2D eigenvalue weighted by molar-refractivity contribution is -0.119. The molecule has 4 nitrogen and oxygen atoms in total. The molecule has 0 bridgehead atoms. The van der Waals surface area contributed by atoms with Gasteiger partial charge in [-0.1, -0.05) is 24.3 Å². The highest BCUT2D eigenvalue weighted by Crippen LogP contribution is 2.32. The molecule has 0 spiro atoms. The molecule has 1 N–H and O–H groups in total. The van der Waals surface area contributed by atoms with E-state index >= 15 is 0 Å². The first kappa shape index (κ1) is 20.2. The largest absolute Gasteiger partial charge is 0.491 e. The van der Waals surface area contributed by atoms with Crippen molar-refractivity contribution in [1.82, 2.24) is 5.32 Å². The van der Waals surface area contributed by atoms with Crippen molar-refractivity contribution in [2.45, 2.75) is 58.6 Å². The molecule has 1 aliphatic heterocycles. The SMILES string of the molecule is CC(=O)N[C@@H](C)c1ccc(N2CCC(c3ccc(OC(C)C)cc3)CC2)cc1. The Morgan fingerprint density at radius 2 is 1.61 bits per heavy atom. The Bertz CT molecular complexity index is 760. The molecule has 0 saturated carbocycles. The topological polar surface area (TPSA) is 41.6 Å². The van der Waals surface area contributed by atoms with E-state index in [1.54, 1.807) is 6.92 Å². The van der Waals surface area contributed by atoms with Gasteiger partial charge in [-0.2, -0.15) is 0 Å². The van der Waals surface area contributed by atoms with E-state index in [4.69, 9.17) is 4.74 Å². The van der Waals surface area contributed by atoms with Crippen LogP contribution in [0.15, 0.2) is 48.5 Å². The number of carbonyl (C=O) groups is 1. The van der Waals surface area contributed by atoms with Crippen molar-refractivity contribution >= 4 is 11.6 Å². The van der Waals surface area contributed by atoms with E-state index in [0.29, 0.717) is 5.92 Å². The molecule has 3 rings (SSSR count). The van der Waals surface area contributed by atoms with Gasteiger partial charge in [0.1, 0.15) is 5.75 Å². The van der Waals surface area contributed by atoms with Crippen molar-refractivity contribution in [1.29, 1.82) is 0 Å². The average molecular weight is 381 g/mol. The third-order valence-electron chi connectivity index (χ3n) is 5.40. The fraction of sp³-hybridized carbons (Fsp3) is 0.458. The quantitative estimate of drug-likeness (QED) is 0.762. The zero-order valence-corrected chi connectivity index (χ0v) is 17.4. The molecule has 150 valence electrons. The summed E-state index contributed by atoms with van der Waals surface area (Å²) in [5, 5.41) is 2.93. The van der Waals surface area contributed by atoms with E-state index < -0.39 is 0 Å². The highest BCUT2D eigenvalue weighted by molar-refractivity contribution is 5.73. The summed E-state index contributed by atoms with van der Waals surface area (Å²) in [6.07, 6.45) is 2.53. The molecule has 1 heterocycles. The van der Waals surface area contributed by atoms with Crippen molar-refractivity contribution in [2.75, 3.05) is 18.0 Å². The Morgan fingerprint density at radius 3 is 2.14 bits per heavy atom. The molecule has 0 aromatic heterocycles. The normalized spacial score (nSPS) is 16.1. The third-order valence-corrected chi connectivity index (χ3v) is 5.40. The number of hydrogen-bond donors (Lipinski definition) is 1. The summed E-state index contributed by atoms with van der Waals surface area (Å²) in [7, 11) is 0. The standard InChI is InChI=1S/C24H32N2O2/c1-17(2)28-24-11-7-21(8-12-24)22-13-15-26(16-14-22)23-9-5-20(6-10-23)18(3)25-19(4)27/h5-12,17-18,22H,13-16H2,1-4H3,(H,25,27)/t18-/m0/s1. The minimum absolute atomic E-state index is 0.00227. The first-order valence-corrected chi connectivity index (χ1v) is 10.3. The Labute approximate surface area is 168 Å². The predicted molar refractivity (Wildman–Crippen MR) is 115 cm³/mol. The molecule has 4 heteroatoms. The molecule has 1 aliphatic rings. The van der Waals surface area contributed by atoms with Crippen LogP contribution in [0, 0.1) is 0 Å². The van der Waals surface area contributed by atoms with Gasteiger partial charge >= 0.3 is 0 Å². The summed E-state index contributed by atoms with van der Waals surface area (Å²) in [5.41, 5.74) is 3.81. The molecule has 1 amide bonds. The van der Waals surface area contributed by atoms with E-state index in [-0.39, 0.29) is 18.1 Å². The second kappa shape index (κ2) is 9.13. The Hall–Kier alpha value is -2.49. The first-order valence-electron chi connectivity index (χ1n) is 10.3. The number of ether oxygens (including phenoxy) is 1. The van der Waals surface area contributed by atoms with Gasteiger partial charge in [0.15, 0.2) is 0 Å². The molecule has 2 aromatic carbocycles. The minimum Gasteiger partial charge on any atom is -0.491 e. The van der Waals surface area contributed by atoms with Crippen LogP contribution in [0.25, 0.3) is 0 Å². The number of carbonyl (C=O) groups excluding carboxylic acids is 1. The second-order valence-electron chi connectivity index (χ2n) is 8.01. The Morgan fingerprint density at radius 1 is 1.00 bits per heavy atom. The lowest BCUT2D eigenvalue weighted by atomic mass is 9.89. The number of piperidine rings is 1. The highest BCUT2D eigenvalue weighted by Gasteiger charge is 2.21. The summed E-state index contributed by atoms with van der Waals surface area (Å²) >= 11 is 0. The monoisotopic (exact) mass is 380 g/mol. The van der Waals surface area contributed by atoms with Crippen LogP contribution >= 0.6 is 0 Å². The maximum atomic E-state index is 11.2. The van der Waals surface area contributed by atoms with Crippen LogP contribution in [0.4, 0.5) is 5.69 Å². The summed E-state index contributed by atoms with van der Waals surface area (Å²) in [4.78, 5) is 13.7. The van der Waals surface area contributed by atoms with Gasteiger partial charge in [0.2, 0.25) is 5.91 Å². The van der Waals surface area contributed by atoms with Crippen LogP contribution < -0.4 is 15.0 Å². The second-order valence-corrected chi connectivity index (χ2v) is 8.01. The third kappa shape index (κ3) is 5.28. The minimum atomic E-state index is 0.00227. The summed E-state index contributed by atoms with van der Waals surface area (Å²) < 4.78 is 5.75. The van der Waals surface area contributed by atoms with Gasteiger partial charge in [0.25, 0.3) is 0 Å². The number of nitrogens with zero attached hydrogens (tertiary/aromatic N) is 1. The van der Waals surface area contributed by atoms with Crippen LogP contribution in [-0.4, -0.2) is 25.1 Å². The number of benzene rings is 2. The molecule has 0 radical (unpaired) electrons. The molecular formula is C24H32N2O2. The van der Waals surface area contributed by atoms with Crippen LogP contribution in [0.2, 0.25) is 0 Å².